The Hall–Kier alpha value is -2.21. The van der Waals surface area contributed by atoms with Gasteiger partial charge in [0, 0.05) is 24.4 Å². The Morgan fingerprint density at radius 2 is 2.15 bits per heavy atom. The predicted molar refractivity (Wildman–Crippen MR) is 76.2 cm³/mol. The number of nitrogens with zero attached hydrogens (tertiary/aromatic N) is 2. The second kappa shape index (κ2) is 6.81. The third-order valence-electron chi connectivity index (χ3n) is 2.91. The first-order chi connectivity index (χ1) is 9.76. The molecule has 2 N–H and O–H groups in total. The van der Waals surface area contributed by atoms with Gasteiger partial charge in [-0.15, -0.1) is 0 Å². The van der Waals surface area contributed by atoms with Crippen molar-refractivity contribution in [2.75, 3.05) is 26.1 Å². The number of rotatable bonds is 7. The molecule has 0 bridgehead atoms. The highest BCUT2D eigenvalue weighted by Gasteiger charge is 2.05. The normalized spacial score (nSPS) is 10.3. The quantitative estimate of drug-likeness (QED) is 0.803. The maximum Gasteiger partial charge on any atom is 0.142 e. The monoisotopic (exact) mass is 277 g/mol. The van der Waals surface area contributed by atoms with Crippen LogP contribution in [-0.2, 0) is 13.1 Å². The van der Waals surface area contributed by atoms with Crippen molar-refractivity contribution < 1.29 is 14.6 Å². The number of hydrogen-bond donors (Lipinski definition) is 2. The summed E-state index contributed by atoms with van der Waals surface area (Å²) in [6.07, 6.45) is 3.67. The van der Waals surface area contributed by atoms with Crippen molar-refractivity contribution in [2.24, 2.45) is 0 Å². The van der Waals surface area contributed by atoms with Crippen LogP contribution >= 0.6 is 0 Å². The molecule has 0 fully saturated rings. The van der Waals surface area contributed by atoms with E-state index in [1.165, 1.54) is 0 Å². The molecule has 6 nitrogen and oxygen atoms in total. The lowest BCUT2D eigenvalue weighted by atomic mass is 10.2. The van der Waals surface area contributed by atoms with Gasteiger partial charge in [0.15, 0.2) is 0 Å². The molecule has 0 saturated carbocycles. The summed E-state index contributed by atoms with van der Waals surface area (Å²) < 4.78 is 12.2. The summed E-state index contributed by atoms with van der Waals surface area (Å²) in [6, 6.07) is 5.59. The van der Waals surface area contributed by atoms with E-state index in [-0.39, 0.29) is 6.61 Å². The Bertz CT molecular complexity index is 554. The van der Waals surface area contributed by atoms with Crippen LogP contribution in [0.5, 0.6) is 11.5 Å². The fourth-order valence-corrected chi connectivity index (χ4v) is 1.87. The molecule has 108 valence electrons. The zero-order valence-electron chi connectivity index (χ0n) is 11.7. The molecule has 2 aromatic rings. The molecule has 0 amide bonds. The summed E-state index contributed by atoms with van der Waals surface area (Å²) >= 11 is 0. The lowest BCUT2D eigenvalue weighted by molar-refractivity contribution is 0.269. The van der Waals surface area contributed by atoms with Gasteiger partial charge in [-0.25, -0.2) is 0 Å². The molecular formula is C14H19N3O3. The molecule has 0 atom stereocenters. The highest BCUT2D eigenvalue weighted by atomic mass is 16.5. The Morgan fingerprint density at radius 1 is 1.30 bits per heavy atom. The maximum absolute atomic E-state index is 8.86. The summed E-state index contributed by atoms with van der Waals surface area (Å²) in [5.41, 5.74) is 1.89. The van der Waals surface area contributed by atoms with Crippen molar-refractivity contribution in [3.05, 3.63) is 36.2 Å². The fourth-order valence-electron chi connectivity index (χ4n) is 1.87. The molecule has 1 aromatic carbocycles. The van der Waals surface area contributed by atoms with Crippen molar-refractivity contribution in [3.8, 4) is 11.5 Å². The van der Waals surface area contributed by atoms with Gasteiger partial charge < -0.3 is 19.9 Å². The van der Waals surface area contributed by atoms with Gasteiger partial charge in [-0.2, -0.15) is 5.10 Å². The highest BCUT2D eigenvalue weighted by molar-refractivity contribution is 5.59. The van der Waals surface area contributed by atoms with Gasteiger partial charge in [-0.05, 0) is 12.1 Å². The molecule has 0 radical (unpaired) electrons. The van der Waals surface area contributed by atoms with Crippen molar-refractivity contribution in [3.63, 3.8) is 0 Å². The summed E-state index contributed by atoms with van der Waals surface area (Å²) in [7, 11) is 3.26. The van der Waals surface area contributed by atoms with E-state index in [4.69, 9.17) is 14.6 Å². The summed E-state index contributed by atoms with van der Waals surface area (Å²) in [6.45, 7) is 1.20. The number of anilines is 1. The molecule has 0 aliphatic heterocycles. The van der Waals surface area contributed by atoms with Gasteiger partial charge in [0.1, 0.15) is 11.5 Å². The number of ether oxygens (including phenoxy) is 2. The minimum Gasteiger partial charge on any atom is -0.497 e. The average Bonchev–Trinajstić information content (AvgIpc) is 2.93. The predicted octanol–water partition coefficient (Wildman–Crippen LogP) is 1.50. The van der Waals surface area contributed by atoms with E-state index in [0.717, 1.165) is 22.7 Å². The van der Waals surface area contributed by atoms with Crippen LogP contribution in [0.4, 0.5) is 5.69 Å². The standard InChI is InChI=1S/C14H19N3O3/c1-19-12-3-4-14(20-2)13(7-12)15-8-11-9-16-17(10-11)5-6-18/h3-4,7,9-10,15,18H,5-6,8H2,1-2H3. The lowest BCUT2D eigenvalue weighted by Gasteiger charge is -2.11. The molecule has 1 heterocycles. The van der Waals surface area contributed by atoms with E-state index in [9.17, 15) is 0 Å². The minimum atomic E-state index is 0.0816. The number of methoxy groups -OCH3 is 2. The van der Waals surface area contributed by atoms with Crippen LogP contribution < -0.4 is 14.8 Å². The zero-order chi connectivity index (χ0) is 14.4. The Balaban J connectivity index is 2.05. The molecule has 0 aliphatic carbocycles. The topological polar surface area (TPSA) is 68.5 Å². The number of aromatic nitrogens is 2. The van der Waals surface area contributed by atoms with Gasteiger partial charge in [-0.3, -0.25) is 4.68 Å². The Labute approximate surface area is 117 Å². The maximum atomic E-state index is 8.86. The first-order valence-corrected chi connectivity index (χ1v) is 6.35. The molecular weight excluding hydrogens is 258 g/mol. The third kappa shape index (κ3) is 3.42. The van der Waals surface area contributed by atoms with E-state index in [1.807, 2.05) is 24.4 Å². The number of hydrogen-bond acceptors (Lipinski definition) is 5. The molecule has 20 heavy (non-hydrogen) atoms. The molecule has 0 unspecified atom stereocenters. The summed E-state index contributed by atoms with van der Waals surface area (Å²) in [5, 5.41) is 16.3. The van der Waals surface area contributed by atoms with Crippen LogP contribution in [0.3, 0.4) is 0 Å². The minimum absolute atomic E-state index is 0.0816. The van der Waals surface area contributed by atoms with Crippen LogP contribution in [0, 0.1) is 0 Å². The van der Waals surface area contributed by atoms with Crippen LogP contribution in [0.25, 0.3) is 0 Å². The van der Waals surface area contributed by atoms with Crippen molar-refractivity contribution in [1.82, 2.24) is 9.78 Å². The van der Waals surface area contributed by atoms with Crippen molar-refractivity contribution in [2.45, 2.75) is 13.1 Å². The van der Waals surface area contributed by atoms with E-state index in [0.29, 0.717) is 13.1 Å². The van der Waals surface area contributed by atoms with Gasteiger partial charge in [0.05, 0.1) is 39.3 Å². The third-order valence-corrected chi connectivity index (χ3v) is 2.91. The van der Waals surface area contributed by atoms with Gasteiger partial charge in [0.25, 0.3) is 0 Å². The van der Waals surface area contributed by atoms with Gasteiger partial charge >= 0.3 is 0 Å². The Morgan fingerprint density at radius 3 is 2.85 bits per heavy atom. The SMILES string of the molecule is COc1ccc(OC)c(NCc2cnn(CCO)c2)c1. The van der Waals surface area contributed by atoms with E-state index in [2.05, 4.69) is 10.4 Å². The van der Waals surface area contributed by atoms with E-state index in [1.54, 1.807) is 25.1 Å². The number of benzene rings is 1. The van der Waals surface area contributed by atoms with Crippen LogP contribution in [0.15, 0.2) is 30.6 Å². The molecule has 1 aromatic heterocycles. The van der Waals surface area contributed by atoms with Crippen LogP contribution in [-0.4, -0.2) is 35.7 Å². The first kappa shape index (κ1) is 14.2. The first-order valence-electron chi connectivity index (χ1n) is 6.35. The summed E-state index contributed by atoms with van der Waals surface area (Å²) in [5.74, 6) is 1.53. The van der Waals surface area contributed by atoms with E-state index >= 15 is 0 Å². The van der Waals surface area contributed by atoms with Crippen LogP contribution in [0.2, 0.25) is 0 Å². The molecule has 0 aliphatic rings. The molecule has 0 spiro atoms. The summed E-state index contributed by atoms with van der Waals surface area (Å²) in [4.78, 5) is 0. The fraction of sp³-hybridized carbons (Fsp3) is 0.357. The van der Waals surface area contributed by atoms with Crippen molar-refractivity contribution in [1.29, 1.82) is 0 Å². The number of aliphatic hydroxyl groups excluding tert-OH is 1. The second-order valence-corrected chi connectivity index (χ2v) is 4.26. The second-order valence-electron chi connectivity index (χ2n) is 4.26. The van der Waals surface area contributed by atoms with Gasteiger partial charge in [0.2, 0.25) is 0 Å². The molecule has 6 heteroatoms. The average molecular weight is 277 g/mol. The smallest absolute Gasteiger partial charge is 0.142 e. The zero-order valence-corrected chi connectivity index (χ0v) is 11.7. The largest absolute Gasteiger partial charge is 0.497 e. The number of nitrogens with one attached hydrogen (secondary N) is 1. The lowest BCUT2D eigenvalue weighted by Crippen LogP contribution is -2.03. The van der Waals surface area contributed by atoms with Gasteiger partial charge in [-0.1, -0.05) is 0 Å². The molecule has 2 rings (SSSR count). The van der Waals surface area contributed by atoms with Crippen molar-refractivity contribution >= 4 is 5.69 Å². The van der Waals surface area contributed by atoms with E-state index < -0.39 is 0 Å². The number of aliphatic hydroxyl groups is 1. The molecule has 0 saturated heterocycles. The van der Waals surface area contributed by atoms with Crippen LogP contribution in [0.1, 0.15) is 5.56 Å². The highest BCUT2D eigenvalue weighted by Crippen LogP contribution is 2.29. The Kier molecular flexibility index (Phi) is 4.84.